The van der Waals surface area contributed by atoms with Crippen LogP contribution in [0.1, 0.15) is 53.1 Å². The lowest BCUT2D eigenvalue weighted by Gasteiger charge is -2.21. The van der Waals surface area contributed by atoms with Gasteiger partial charge in [0.05, 0.1) is 0 Å². The molecule has 0 saturated carbocycles. The first-order chi connectivity index (χ1) is 12.0. The Hall–Kier alpha value is -2.69. The second kappa shape index (κ2) is 8.97. The highest BCUT2D eigenvalue weighted by atomic mass is 16.2. The van der Waals surface area contributed by atoms with Crippen molar-refractivity contribution in [3.8, 4) is 0 Å². The number of carbonyl (C=O) groups is 2. The fourth-order valence-corrected chi connectivity index (χ4v) is 2.63. The second-order valence-corrected chi connectivity index (χ2v) is 6.05. The number of nitrogens with one attached hydrogen (secondary N) is 1. The normalized spacial score (nSPS) is 10.4. The van der Waals surface area contributed by atoms with Crippen LogP contribution in [0.5, 0.6) is 0 Å². The molecule has 0 aliphatic heterocycles. The maximum atomic E-state index is 12.6. The average Bonchev–Trinajstić information content (AvgIpc) is 2.61. The zero-order valence-electron chi connectivity index (χ0n) is 15.1. The molecule has 1 aromatic heterocycles. The summed E-state index contributed by atoms with van der Waals surface area (Å²) < 4.78 is 0. The van der Waals surface area contributed by atoms with Gasteiger partial charge in [0.1, 0.15) is 5.69 Å². The van der Waals surface area contributed by atoms with Crippen molar-refractivity contribution in [1.29, 1.82) is 0 Å². The predicted molar refractivity (Wildman–Crippen MR) is 99.9 cm³/mol. The van der Waals surface area contributed by atoms with E-state index < -0.39 is 0 Å². The Labute approximate surface area is 149 Å². The summed E-state index contributed by atoms with van der Waals surface area (Å²) in [5.74, 6) is -0.381. The van der Waals surface area contributed by atoms with Crippen LogP contribution in [0.3, 0.4) is 0 Å². The maximum absolute atomic E-state index is 12.6. The first-order valence-electron chi connectivity index (χ1n) is 8.68. The Morgan fingerprint density at radius 2 is 1.80 bits per heavy atom. The Morgan fingerprint density at radius 3 is 2.44 bits per heavy atom. The lowest BCUT2D eigenvalue weighted by atomic mass is 10.1. The fourth-order valence-electron chi connectivity index (χ4n) is 2.63. The van der Waals surface area contributed by atoms with E-state index in [1.807, 2.05) is 45.0 Å². The SMILES string of the molecule is CCCN(CCC)C(=O)c1cc(C(=O)Nc2cccc(C)c2)ccn1. The van der Waals surface area contributed by atoms with Gasteiger partial charge in [-0.05, 0) is 49.6 Å². The van der Waals surface area contributed by atoms with Crippen LogP contribution in [-0.2, 0) is 0 Å². The molecular weight excluding hydrogens is 314 g/mol. The summed E-state index contributed by atoms with van der Waals surface area (Å²) in [6, 6.07) is 10.8. The van der Waals surface area contributed by atoms with Gasteiger partial charge < -0.3 is 10.2 Å². The summed E-state index contributed by atoms with van der Waals surface area (Å²) in [4.78, 5) is 31.0. The van der Waals surface area contributed by atoms with Crippen LogP contribution in [0.2, 0.25) is 0 Å². The van der Waals surface area contributed by atoms with E-state index in [1.54, 1.807) is 17.0 Å². The molecule has 5 nitrogen and oxygen atoms in total. The highest BCUT2D eigenvalue weighted by molar-refractivity contribution is 6.05. The van der Waals surface area contributed by atoms with Gasteiger partial charge in [0, 0.05) is 30.5 Å². The molecule has 2 rings (SSSR count). The molecule has 2 amide bonds. The van der Waals surface area contributed by atoms with Gasteiger partial charge in [-0.1, -0.05) is 26.0 Å². The van der Waals surface area contributed by atoms with Gasteiger partial charge in [-0.15, -0.1) is 0 Å². The molecule has 5 heteroatoms. The van der Waals surface area contributed by atoms with E-state index in [1.165, 1.54) is 6.20 Å². The average molecular weight is 339 g/mol. The molecule has 0 atom stereocenters. The van der Waals surface area contributed by atoms with Crippen molar-refractivity contribution in [2.75, 3.05) is 18.4 Å². The Balaban J connectivity index is 2.16. The van der Waals surface area contributed by atoms with Crippen molar-refractivity contribution >= 4 is 17.5 Å². The molecule has 25 heavy (non-hydrogen) atoms. The number of hydrogen-bond donors (Lipinski definition) is 1. The fraction of sp³-hybridized carbons (Fsp3) is 0.350. The van der Waals surface area contributed by atoms with Gasteiger partial charge in [-0.2, -0.15) is 0 Å². The number of benzene rings is 1. The van der Waals surface area contributed by atoms with Crippen molar-refractivity contribution in [2.24, 2.45) is 0 Å². The molecule has 0 bridgehead atoms. The van der Waals surface area contributed by atoms with E-state index in [0.717, 1.165) is 24.1 Å². The van der Waals surface area contributed by atoms with Crippen LogP contribution in [-0.4, -0.2) is 34.8 Å². The number of rotatable bonds is 7. The second-order valence-electron chi connectivity index (χ2n) is 6.05. The third kappa shape index (κ3) is 5.14. The summed E-state index contributed by atoms with van der Waals surface area (Å²) in [7, 11) is 0. The van der Waals surface area contributed by atoms with E-state index in [-0.39, 0.29) is 11.8 Å². The van der Waals surface area contributed by atoms with Crippen LogP contribution >= 0.6 is 0 Å². The molecule has 0 aliphatic carbocycles. The number of amides is 2. The van der Waals surface area contributed by atoms with E-state index in [4.69, 9.17) is 0 Å². The molecule has 0 spiro atoms. The van der Waals surface area contributed by atoms with Crippen LogP contribution in [0.4, 0.5) is 5.69 Å². The van der Waals surface area contributed by atoms with Gasteiger partial charge in [-0.3, -0.25) is 14.6 Å². The third-order valence-electron chi connectivity index (χ3n) is 3.79. The van der Waals surface area contributed by atoms with Crippen LogP contribution in [0.15, 0.2) is 42.6 Å². The van der Waals surface area contributed by atoms with Crippen LogP contribution in [0.25, 0.3) is 0 Å². The molecule has 0 aliphatic rings. The van der Waals surface area contributed by atoms with Gasteiger partial charge in [0.15, 0.2) is 0 Å². The smallest absolute Gasteiger partial charge is 0.272 e. The predicted octanol–water partition coefficient (Wildman–Crippen LogP) is 3.90. The molecule has 132 valence electrons. The lowest BCUT2D eigenvalue weighted by Crippen LogP contribution is -2.33. The van der Waals surface area contributed by atoms with Crippen LogP contribution in [0, 0.1) is 6.92 Å². The van der Waals surface area contributed by atoms with E-state index >= 15 is 0 Å². The van der Waals surface area contributed by atoms with E-state index in [9.17, 15) is 9.59 Å². The molecule has 1 heterocycles. The monoisotopic (exact) mass is 339 g/mol. The van der Waals surface area contributed by atoms with Crippen molar-refractivity contribution in [1.82, 2.24) is 9.88 Å². The minimum atomic E-state index is -0.250. The van der Waals surface area contributed by atoms with Crippen molar-refractivity contribution < 1.29 is 9.59 Å². The number of anilines is 1. The van der Waals surface area contributed by atoms with Crippen molar-refractivity contribution in [3.63, 3.8) is 0 Å². The van der Waals surface area contributed by atoms with Gasteiger partial charge >= 0.3 is 0 Å². The summed E-state index contributed by atoms with van der Waals surface area (Å²) in [5.41, 5.74) is 2.53. The largest absolute Gasteiger partial charge is 0.337 e. The molecule has 1 aromatic carbocycles. The van der Waals surface area contributed by atoms with Crippen molar-refractivity contribution in [2.45, 2.75) is 33.6 Å². The quantitative estimate of drug-likeness (QED) is 0.832. The Kier molecular flexibility index (Phi) is 6.69. The summed E-state index contributed by atoms with van der Waals surface area (Å²) >= 11 is 0. The molecule has 0 saturated heterocycles. The van der Waals surface area contributed by atoms with Crippen LogP contribution < -0.4 is 5.32 Å². The molecule has 1 N–H and O–H groups in total. The minimum absolute atomic E-state index is 0.131. The number of aromatic nitrogens is 1. The lowest BCUT2D eigenvalue weighted by molar-refractivity contribution is 0.0749. The third-order valence-corrected chi connectivity index (χ3v) is 3.79. The Bertz CT molecular complexity index is 737. The number of pyridine rings is 1. The van der Waals surface area contributed by atoms with Crippen molar-refractivity contribution in [3.05, 3.63) is 59.4 Å². The highest BCUT2D eigenvalue weighted by Gasteiger charge is 2.17. The number of hydrogen-bond acceptors (Lipinski definition) is 3. The summed E-state index contributed by atoms with van der Waals surface area (Å²) in [6.45, 7) is 7.42. The maximum Gasteiger partial charge on any atom is 0.272 e. The summed E-state index contributed by atoms with van der Waals surface area (Å²) in [6.07, 6.45) is 3.28. The molecular formula is C20H25N3O2. The number of aryl methyl sites for hydroxylation is 1. The zero-order chi connectivity index (χ0) is 18.2. The summed E-state index contributed by atoms with van der Waals surface area (Å²) in [5, 5.41) is 2.85. The molecule has 0 fully saturated rings. The number of carbonyl (C=O) groups excluding carboxylic acids is 2. The highest BCUT2D eigenvalue weighted by Crippen LogP contribution is 2.13. The van der Waals surface area contributed by atoms with Gasteiger partial charge in [0.2, 0.25) is 0 Å². The van der Waals surface area contributed by atoms with E-state index in [0.29, 0.717) is 24.3 Å². The molecule has 2 aromatic rings. The molecule has 0 radical (unpaired) electrons. The Morgan fingerprint density at radius 1 is 1.08 bits per heavy atom. The van der Waals surface area contributed by atoms with Gasteiger partial charge in [-0.25, -0.2) is 0 Å². The topological polar surface area (TPSA) is 62.3 Å². The minimum Gasteiger partial charge on any atom is -0.337 e. The number of nitrogens with zero attached hydrogens (tertiary/aromatic N) is 2. The van der Waals surface area contributed by atoms with E-state index in [2.05, 4.69) is 10.3 Å². The standard InChI is InChI=1S/C20H25N3O2/c1-4-11-23(12-5-2)20(25)18-14-16(9-10-21-18)19(24)22-17-8-6-7-15(3)13-17/h6-10,13-14H,4-5,11-12H2,1-3H3,(H,22,24). The zero-order valence-corrected chi connectivity index (χ0v) is 15.1. The first-order valence-corrected chi connectivity index (χ1v) is 8.68. The molecule has 0 unspecified atom stereocenters. The first kappa shape index (κ1) is 18.6. The van der Waals surface area contributed by atoms with Gasteiger partial charge in [0.25, 0.3) is 11.8 Å².